The van der Waals surface area contributed by atoms with Crippen LogP contribution in [0.5, 0.6) is 0 Å². The summed E-state index contributed by atoms with van der Waals surface area (Å²) in [6.07, 6.45) is 117. The number of fused-ring (bicyclic) bond motifs is 6. The van der Waals surface area contributed by atoms with E-state index in [1.165, 1.54) is 593 Å². The van der Waals surface area contributed by atoms with Gasteiger partial charge in [0.05, 0.1) is 0 Å². The summed E-state index contributed by atoms with van der Waals surface area (Å²) in [5.41, 5.74) is 0. The molecule has 0 saturated heterocycles. The van der Waals surface area contributed by atoms with Gasteiger partial charge < -0.3 is 5.11 Å². The lowest BCUT2D eigenvalue weighted by molar-refractivity contribution is 0.282. The second-order valence-electron chi connectivity index (χ2n) is 37.9. The quantitative estimate of drug-likeness (QED) is 0.0267. The number of thioether (sulfide) groups is 6. The topological polar surface area (TPSA) is 20.2 Å². The Morgan fingerprint density at radius 2 is 0.225 bits per heavy atom. The third kappa shape index (κ3) is 61.3. The Kier molecular flexibility index (Phi) is 81.0. The number of rotatable bonds is 96. The smallest absolute Gasteiger partial charge is 0.0431 e. The van der Waals surface area contributed by atoms with Gasteiger partial charge in [-0.1, -0.05) is 523 Å². The molecule has 0 spiro atoms. The fourth-order valence-electron chi connectivity index (χ4n) is 18.4. The summed E-state index contributed by atoms with van der Waals surface area (Å²) in [6.45, 7) is 12.1. The highest BCUT2D eigenvalue weighted by molar-refractivity contribution is 8.03. The third-order valence-electron chi connectivity index (χ3n) is 26.5. The van der Waals surface area contributed by atoms with Gasteiger partial charge in [-0.2, -0.15) is 0 Å². The molecule has 1 N–H and O–H groups in total. The summed E-state index contributed by atoms with van der Waals surface area (Å²) >= 11 is 13.4. The van der Waals surface area contributed by atoms with E-state index in [1.54, 1.807) is 29.4 Å². The fourth-order valence-corrected chi connectivity index (χ4v) is 25.3. The van der Waals surface area contributed by atoms with Gasteiger partial charge in [0.1, 0.15) is 0 Å². The number of aliphatic hydroxyl groups excluding tert-OH is 1. The molecule has 120 heavy (non-hydrogen) atoms. The van der Waals surface area contributed by atoms with Gasteiger partial charge in [0.25, 0.3) is 0 Å². The molecular formula is C113H202OS6. The maximum absolute atomic E-state index is 9.21. The van der Waals surface area contributed by atoms with E-state index in [0.717, 1.165) is 6.42 Å². The molecule has 4 aromatic rings. The van der Waals surface area contributed by atoms with Gasteiger partial charge in [-0.25, -0.2) is 0 Å². The van der Waals surface area contributed by atoms with Crippen molar-refractivity contribution in [3.63, 3.8) is 0 Å². The summed E-state index contributed by atoms with van der Waals surface area (Å²) in [6, 6.07) is 16.7. The van der Waals surface area contributed by atoms with Crippen LogP contribution in [0.4, 0.5) is 0 Å². The first-order chi connectivity index (χ1) is 59.6. The number of hydrogen-bond donors (Lipinski definition) is 1. The number of unbranched alkanes of at least 4 members (excludes halogenated alkanes) is 77. The van der Waals surface area contributed by atoms with E-state index in [9.17, 15) is 5.11 Å². The van der Waals surface area contributed by atoms with E-state index < -0.39 is 0 Å². The SMILES string of the molecule is CCCCCCCCCCCCCCCCSc1cc2c3cc(SCCCCCCCCCCCCCCCC)c(SCCCCCCCCCCCCCCCC)cc3c3cc(SCCCCCCCCCCCCCCCO)c(SCCCCCCCCCCCCCCCC)cc3c2cc1SCCCCCCCCCCCCCCCC. The lowest BCUT2D eigenvalue weighted by Gasteiger charge is -2.20. The van der Waals surface area contributed by atoms with Crippen molar-refractivity contribution < 1.29 is 5.11 Å². The molecule has 4 rings (SSSR count). The molecule has 0 amide bonds. The number of hydrogen-bond acceptors (Lipinski definition) is 7. The molecule has 7 heteroatoms. The van der Waals surface area contributed by atoms with E-state index in [1.807, 2.05) is 0 Å². The zero-order valence-corrected chi connectivity index (χ0v) is 85.9. The maximum Gasteiger partial charge on any atom is 0.0431 e. The van der Waals surface area contributed by atoms with Crippen LogP contribution in [0, 0.1) is 0 Å². The van der Waals surface area contributed by atoms with Gasteiger partial charge in [0.15, 0.2) is 0 Å². The Bertz CT molecular complexity index is 2310. The van der Waals surface area contributed by atoms with Crippen LogP contribution in [0.1, 0.15) is 568 Å². The average molecular weight is 1770 g/mol. The van der Waals surface area contributed by atoms with E-state index >= 15 is 0 Å². The first-order valence-corrected chi connectivity index (χ1v) is 60.4. The lowest BCUT2D eigenvalue weighted by Crippen LogP contribution is -1.94. The molecule has 0 aliphatic carbocycles. The largest absolute Gasteiger partial charge is 0.396 e. The Morgan fingerprint density at radius 3 is 0.325 bits per heavy atom. The van der Waals surface area contributed by atoms with Crippen LogP contribution in [0.15, 0.2) is 65.8 Å². The summed E-state index contributed by atoms with van der Waals surface area (Å²) in [4.78, 5) is 9.41. The molecule has 0 aliphatic rings. The summed E-state index contributed by atoms with van der Waals surface area (Å²) < 4.78 is 0. The van der Waals surface area contributed by atoms with Crippen molar-refractivity contribution in [2.24, 2.45) is 0 Å². The molecule has 0 aliphatic heterocycles. The molecule has 0 heterocycles. The van der Waals surface area contributed by atoms with Crippen molar-refractivity contribution in [3.05, 3.63) is 36.4 Å². The highest BCUT2D eigenvalue weighted by atomic mass is 32.2. The van der Waals surface area contributed by atoms with E-state index in [0.29, 0.717) is 6.61 Å². The lowest BCUT2D eigenvalue weighted by atomic mass is 9.94. The average Bonchev–Trinajstić information content (AvgIpc) is 0.726. The minimum atomic E-state index is 0.357. The van der Waals surface area contributed by atoms with Crippen LogP contribution in [-0.4, -0.2) is 46.2 Å². The Labute approximate surface area is 776 Å². The van der Waals surface area contributed by atoms with Crippen LogP contribution in [0.2, 0.25) is 0 Å². The van der Waals surface area contributed by atoms with Crippen molar-refractivity contribution in [2.45, 2.75) is 597 Å². The molecule has 0 saturated carbocycles. The van der Waals surface area contributed by atoms with Crippen LogP contribution in [0.25, 0.3) is 32.3 Å². The van der Waals surface area contributed by atoms with Crippen LogP contribution >= 0.6 is 70.6 Å². The maximum atomic E-state index is 9.21. The van der Waals surface area contributed by atoms with Gasteiger partial charge in [-0.05, 0) is 148 Å². The Hall–Kier alpha value is -0.280. The normalized spacial score (nSPS) is 11.9. The first-order valence-electron chi connectivity index (χ1n) is 54.5. The minimum Gasteiger partial charge on any atom is -0.396 e. The minimum absolute atomic E-state index is 0.357. The van der Waals surface area contributed by atoms with Crippen LogP contribution in [0.3, 0.4) is 0 Å². The van der Waals surface area contributed by atoms with Crippen molar-refractivity contribution in [1.82, 2.24) is 0 Å². The summed E-state index contributed by atoms with van der Waals surface area (Å²) in [5, 5.41) is 18.4. The predicted molar refractivity (Wildman–Crippen MR) is 562 cm³/mol. The number of aliphatic hydroxyl groups is 1. The standard InChI is InChI=1S/C113H202OS6/c1-6-11-16-21-26-31-36-41-48-55-62-69-76-83-90-115-108-96-102-103-97-109(116-91-84-77-70-63-56-49-42-37-32-27-22-17-12-7-2)111(118-93-86-79-72-65-58-51-44-39-34-29-24-19-14-9-4)99-105(103)107-101-113(120-95-88-81-74-67-60-53-46-47-54-61-68-75-82-89-114)112(119-94-87-80-73-66-59-52-45-40-35-30-25-20-15-10-5)100-106(107)104(102)98-110(108)117-92-85-78-71-64-57-50-43-38-33-28-23-18-13-8-3/h96-101,114H,6-95H2,1-5H3. The Morgan fingerprint density at radius 1 is 0.133 bits per heavy atom. The fraction of sp³-hybridized carbons (Fsp3) is 0.841. The molecule has 4 aromatic carbocycles. The second-order valence-corrected chi connectivity index (χ2v) is 44.7. The highest BCUT2D eigenvalue weighted by Crippen LogP contribution is 2.48. The molecule has 0 unspecified atom stereocenters. The van der Waals surface area contributed by atoms with Gasteiger partial charge in [-0.15, -0.1) is 70.6 Å². The zero-order valence-electron chi connectivity index (χ0n) is 81.0. The van der Waals surface area contributed by atoms with E-state index in [4.69, 9.17) is 0 Å². The molecule has 0 aromatic heterocycles. The van der Waals surface area contributed by atoms with E-state index in [-0.39, 0.29) is 0 Å². The van der Waals surface area contributed by atoms with Crippen LogP contribution in [-0.2, 0) is 0 Å². The highest BCUT2D eigenvalue weighted by Gasteiger charge is 2.20. The van der Waals surface area contributed by atoms with Crippen molar-refractivity contribution in [1.29, 1.82) is 0 Å². The monoisotopic (exact) mass is 1770 g/mol. The number of benzene rings is 4. The van der Waals surface area contributed by atoms with Gasteiger partial charge in [-0.3, -0.25) is 0 Å². The van der Waals surface area contributed by atoms with Crippen LogP contribution < -0.4 is 0 Å². The van der Waals surface area contributed by atoms with Crippen molar-refractivity contribution in [2.75, 3.05) is 41.1 Å². The predicted octanol–water partition coefficient (Wildman–Crippen LogP) is 43.2. The molecule has 696 valence electrons. The third-order valence-corrected chi connectivity index (χ3v) is 33.7. The molecule has 0 bridgehead atoms. The Balaban J connectivity index is 1.72. The zero-order chi connectivity index (χ0) is 85.1. The van der Waals surface area contributed by atoms with Crippen molar-refractivity contribution in [3.8, 4) is 0 Å². The van der Waals surface area contributed by atoms with Gasteiger partial charge in [0.2, 0.25) is 0 Å². The molecule has 0 fully saturated rings. The summed E-state index contributed by atoms with van der Waals surface area (Å²) in [7, 11) is 0. The molecular weight excluding hydrogens is 1570 g/mol. The molecule has 0 atom stereocenters. The first kappa shape index (κ1) is 112. The van der Waals surface area contributed by atoms with Crippen molar-refractivity contribution >= 4 is 103 Å². The second kappa shape index (κ2) is 86.7. The molecule has 0 radical (unpaired) electrons. The summed E-state index contributed by atoms with van der Waals surface area (Å²) in [5.74, 6) is 7.38. The molecule has 1 nitrogen and oxygen atoms in total. The van der Waals surface area contributed by atoms with E-state index in [2.05, 4.69) is 142 Å². The van der Waals surface area contributed by atoms with Gasteiger partial charge in [0, 0.05) is 36.0 Å². The van der Waals surface area contributed by atoms with Gasteiger partial charge >= 0.3 is 0 Å².